The molecule has 1 fully saturated rings. The van der Waals surface area contributed by atoms with Crippen LogP contribution in [0.3, 0.4) is 0 Å². The minimum absolute atomic E-state index is 0.141. The van der Waals surface area contributed by atoms with Crippen LogP contribution < -0.4 is 4.90 Å². The Balaban J connectivity index is 1.81. The molecule has 4 nitrogen and oxygen atoms in total. The van der Waals surface area contributed by atoms with Crippen LogP contribution in [0.25, 0.3) is 0 Å². The van der Waals surface area contributed by atoms with Gasteiger partial charge in [0, 0.05) is 36.9 Å². The Kier molecular flexibility index (Phi) is 4.99. The maximum atomic E-state index is 13.9. The van der Waals surface area contributed by atoms with Gasteiger partial charge in [0.25, 0.3) is 0 Å². The van der Waals surface area contributed by atoms with Gasteiger partial charge in [-0.15, -0.1) is 0 Å². The van der Waals surface area contributed by atoms with E-state index in [1.54, 1.807) is 6.07 Å². The minimum Gasteiger partial charge on any atom is -0.369 e. The van der Waals surface area contributed by atoms with Crippen LogP contribution >= 0.6 is 11.6 Å². The molecule has 0 bridgehead atoms. The second-order valence-electron chi connectivity index (χ2n) is 5.87. The summed E-state index contributed by atoms with van der Waals surface area (Å²) in [4.78, 5) is 1.13. The Hall–Kier alpha value is -1.70. The van der Waals surface area contributed by atoms with Crippen LogP contribution in [0.2, 0.25) is 5.02 Å². The van der Waals surface area contributed by atoms with E-state index in [4.69, 9.17) is 11.6 Å². The smallest absolute Gasteiger partial charge is 0.249 e. The number of nitrogens with zero attached hydrogens (tertiary/aromatic N) is 2. The molecule has 0 aliphatic carbocycles. The first-order valence-electron chi connectivity index (χ1n) is 7.76. The fraction of sp³-hybridized carbons (Fsp3) is 0.294. The van der Waals surface area contributed by atoms with E-state index in [1.807, 2.05) is 24.0 Å². The third-order valence-corrected chi connectivity index (χ3v) is 6.45. The van der Waals surface area contributed by atoms with Crippen molar-refractivity contribution in [3.8, 4) is 0 Å². The average molecular weight is 387 g/mol. The molecule has 3 rings (SSSR count). The molecule has 0 spiro atoms. The predicted molar refractivity (Wildman–Crippen MR) is 93.5 cm³/mol. The molecule has 0 atom stereocenters. The molecule has 1 aliphatic rings. The molecule has 1 heterocycles. The van der Waals surface area contributed by atoms with Crippen LogP contribution in [-0.2, 0) is 10.0 Å². The van der Waals surface area contributed by atoms with Crippen LogP contribution in [0.1, 0.15) is 5.56 Å². The highest BCUT2D eigenvalue weighted by Crippen LogP contribution is 2.28. The van der Waals surface area contributed by atoms with E-state index in [-0.39, 0.29) is 13.1 Å². The van der Waals surface area contributed by atoms with Crippen LogP contribution in [-0.4, -0.2) is 38.9 Å². The lowest BCUT2D eigenvalue weighted by atomic mass is 10.1. The monoisotopic (exact) mass is 386 g/mol. The highest BCUT2D eigenvalue weighted by Gasteiger charge is 2.33. The highest BCUT2D eigenvalue weighted by atomic mass is 35.5. The largest absolute Gasteiger partial charge is 0.369 e. The first-order valence-corrected chi connectivity index (χ1v) is 9.58. The maximum absolute atomic E-state index is 13.9. The number of rotatable bonds is 3. The summed E-state index contributed by atoms with van der Waals surface area (Å²) in [5.74, 6) is -2.15. The molecule has 0 aromatic heterocycles. The van der Waals surface area contributed by atoms with E-state index in [0.29, 0.717) is 18.1 Å². The molecule has 8 heteroatoms. The summed E-state index contributed by atoms with van der Waals surface area (Å²) in [6.07, 6.45) is 0. The van der Waals surface area contributed by atoms with E-state index in [2.05, 4.69) is 0 Å². The van der Waals surface area contributed by atoms with Crippen molar-refractivity contribution in [3.05, 3.63) is 58.6 Å². The fourth-order valence-corrected chi connectivity index (χ4v) is 4.65. The summed E-state index contributed by atoms with van der Waals surface area (Å²) in [5, 5.41) is 0.601. The molecule has 2 aromatic rings. The third kappa shape index (κ3) is 3.49. The Morgan fingerprint density at radius 2 is 1.60 bits per heavy atom. The quantitative estimate of drug-likeness (QED) is 0.811. The lowest BCUT2D eigenvalue weighted by molar-refractivity contribution is 0.378. The molecule has 0 saturated carbocycles. The third-order valence-electron chi connectivity index (χ3n) is 4.27. The average Bonchev–Trinajstić information content (AvgIpc) is 2.57. The van der Waals surface area contributed by atoms with Gasteiger partial charge in [0.1, 0.15) is 11.6 Å². The number of sulfonamides is 1. The van der Waals surface area contributed by atoms with Crippen molar-refractivity contribution in [2.45, 2.75) is 11.8 Å². The van der Waals surface area contributed by atoms with E-state index < -0.39 is 26.6 Å². The number of hydrogen-bond acceptors (Lipinski definition) is 3. The van der Waals surface area contributed by atoms with Crippen molar-refractivity contribution in [2.24, 2.45) is 0 Å². The minimum atomic E-state index is -4.22. The van der Waals surface area contributed by atoms with Crippen molar-refractivity contribution in [1.82, 2.24) is 4.31 Å². The van der Waals surface area contributed by atoms with Gasteiger partial charge in [-0.3, -0.25) is 0 Å². The number of benzene rings is 2. The van der Waals surface area contributed by atoms with E-state index in [9.17, 15) is 17.2 Å². The summed E-state index contributed by atoms with van der Waals surface area (Å²) in [7, 11) is -4.22. The molecule has 0 N–H and O–H groups in total. The lowest BCUT2D eigenvalue weighted by Crippen LogP contribution is -2.49. The summed E-state index contributed by atoms with van der Waals surface area (Å²) in [5.41, 5.74) is 1.96. The zero-order valence-electron chi connectivity index (χ0n) is 13.5. The Morgan fingerprint density at radius 3 is 2.20 bits per heavy atom. The van der Waals surface area contributed by atoms with Crippen molar-refractivity contribution in [1.29, 1.82) is 0 Å². The van der Waals surface area contributed by atoms with Gasteiger partial charge in [0.15, 0.2) is 4.90 Å². The highest BCUT2D eigenvalue weighted by molar-refractivity contribution is 7.89. The van der Waals surface area contributed by atoms with Gasteiger partial charge in [-0.25, -0.2) is 17.2 Å². The van der Waals surface area contributed by atoms with Crippen molar-refractivity contribution in [3.63, 3.8) is 0 Å². The molecule has 25 heavy (non-hydrogen) atoms. The Labute approximate surface area is 150 Å². The van der Waals surface area contributed by atoms with Crippen molar-refractivity contribution in [2.75, 3.05) is 31.1 Å². The van der Waals surface area contributed by atoms with Crippen LogP contribution in [0.5, 0.6) is 0 Å². The number of hydrogen-bond donors (Lipinski definition) is 0. The number of halogens is 3. The summed E-state index contributed by atoms with van der Waals surface area (Å²) >= 11 is 6.04. The molecular formula is C17H17ClF2N2O2S. The van der Waals surface area contributed by atoms with Crippen LogP contribution in [0.15, 0.2) is 41.3 Å². The molecule has 0 amide bonds. The molecular weight excluding hydrogens is 370 g/mol. The Morgan fingerprint density at radius 1 is 1.00 bits per heavy atom. The topological polar surface area (TPSA) is 40.6 Å². The van der Waals surface area contributed by atoms with Crippen LogP contribution in [0.4, 0.5) is 14.5 Å². The Bertz CT molecular complexity index is 877. The molecule has 1 saturated heterocycles. The zero-order chi connectivity index (χ0) is 18.2. The van der Waals surface area contributed by atoms with Gasteiger partial charge in [-0.05, 0) is 36.8 Å². The van der Waals surface area contributed by atoms with Gasteiger partial charge >= 0.3 is 0 Å². The second-order valence-corrected chi connectivity index (χ2v) is 8.18. The van der Waals surface area contributed by atoms with Gasteiger partial charge in [0.05, 0.1) is 0 Å². The SMILES string of the molecule is Cc1ccc(Cl)cc1N1CCN(S(=O)(=O)c2c(F)cccc2F)CC1. The number of aryl methyl sites for hydroxylation is 1. The number of anilines is 1. The van der Waals surface area contributed by atoms with Gasteiger partial charge in [-0.1, -0.05) is 23.7 Å². The molecule has 2 aromatic carbocycles. The van der Waals surface area contributed by atoms with Gasteiger partial charge in [-0.2, -0.15) is 4.31 Å². The van der Waals surface area contributed by atoms with Gasteiger partial charge < -0.3 is 4.90 Å². The van der Waals surface area contributed by atoms with Crippen LogP contribution in [0, 0.1) is 18.6 Å². The fourth-order valence-electron chi connectivity index (χ4n) is 2.95. The standard InChI is InChI=1S/C17H17ClF2N2O2S/c1-12-5-6-13(18)11-16(12)21-7-9-22(10-8-21)25(23,24)17-14(19)3-2-4-15(17)20/h2-6,11H,7-10H2,1H3. The normalized spacial score (nSPS) is 16.2. The molecule has 1 aliphatic heterocycles. The first kappa shape index (κ1) is 18.1. The van der Waals surface area contributed by atoms with Gasteiger partial charge in [0.2, 0.25) is 10.0 Å². The lowest BCUT2D eigenvalue weighted by Gasteiger charge is -2.36. The zero-order valence-corrected chi connectivity index (χ0v) is 15.1. The second kappa shape index (κ2) is 6.90. The molecule has 0 unspecified atom stereocenters. The maximum Gasteiger partial charge on any atom is 0.249 e. The first-order chi connectivity index (χ1) is 11.8. The summed E-state index contributed by atoms with van der Waals surface area (Å²) in [6.45, 7) is 3.06. The molecule has 134 valence electrons. The van der Waals surface area contributed by atoms with E-state index >= 15 is 0 Å². The predicted octanol–water partition coefficient (Wildman–Crippen LogP) is 3.44. The van der Waals surface area contributed by atoms with E-state index in [1.165, 1.54) is 0 Å². The van der Waals surface area contributed by atoms with E-state index in [0.717, 1.165) is 33.8 Å². The number of piperazine rings is 1. The van der Waals surface area contributed by atoms with Crippen molar-refractivity contribution < 1.29 is 17.2 Å². The summed E-state index contributed by atoms with van der Waals surface area (Å²) in [6, 6.07) is 8.56. The van der Waals surface area contributed by atoms with Crippen molar-refractivity contribution >= 4 is 27.3 Å². The summed E-state index contributed by atoms with van der Waals surface area (Å²) < 4.78 is 54.1. The molecule has 0 radical (unpaired) electrons.